The van der Waals surface area contributed by atoms with Crippen LogP contribution >= 0.6 is 11.3 Å². The minimum Gasteiger partial charge on any atom is -0.398 e. The first kappa shape index (κ1) is 13.1. The number of rotatable bonds is 4. The van der Waals surface area contributed by atoms with Crippen LogP contribution in [0.5, 0.6) is 0 Å². The summed E-state index contributed by atoms with van der Waals surface area (Å²) in [7, 11) is -3.57. The highest BCUT2D eigenvalue weighted by molar-refractivity contribution is 7.89. The Morgan fingerprint density at radius 1 is 1.28 bits per heavy atom. The number of benzene rings is 1. The van der Waals surface area contributed by atoms with Gasteiger partial charge in [-0.05, 0) is 30.0 Å². The second kappa shape index (κ2) is 5.09. The lowest BCUT2D eigenvalue weighted by atomic mass is 10.2. The number of thiophene rings is 1. The predicted octanol–water partition coefficient (Wildman–Crippen LogP) is 2.12. The molecule has 96 valence electrons. The molecule has 0 amide bonds. The molecule has 2 aromatic rings. The van der Waals surface area contributed by atoms with Crippen LogP contribution in [0.15, 0.2) is 40.6 Å². The van der Waals surface area contributed by atoms with Gasteiger partial charge in [-0.1, -0.05) is 18.2 Å². The van der Waals surface area contributed by atoms with Gasteiger partial charge < -0.3 is 5.73 Å². The first-order valence-electron chi connectivity index (χ1n) is 5.38. The Morgan fingerprint density at radius 3 is 2.67 bits per heavy atom. The molecule has 0 unspecified atom stereocenters. The second-order valence-corrected chi connectivity index (χ2v) is 6.63. The molecule has 0 aliphatic rings. The average Bonchev–Trinajstić information content (AvgIpc) is 2.78. The van der Waals surface area contributed by atoms with E-state index in [-0.39, 0.29) is 17.1 Å². The molecule has 0 bridgehead atoms. The van der Waals surface area contributed by atoms with Crippen molar-refractivity contribution in [3.05, 3.63) is 46.2 Å². The first-order valence-corrected chi connectivity index (χ1v) is 7.74. The lowest BCUT2D eigenvalue weighted by Crippen LogP contribution is -2.24. The van der Waals surface area contributed by atoms with Crippen LogP contribution in [0, 0.1) is 6.92 Å². The van der Waals surface area contributed by atoms with Crippen LogP contribution < -0.4 is 10.5 Å². The van der Waals surface area contributed by atoms with E-state index in [9.17, 15) is 8.42 Å². The van der Waals surface area contributed by atoms with Crippen molar-refractivity contribution >= 4 is 27.0 Å². The number of hydrogen-bond acceptors (Lipinski definition) is 4. The fourth-order valence-electron chi connectivity index (χ4n) is 1.69. The van der Waals surface area contributed by atoms with Gasteiger partial charge >= 0.3 is 0 Å². The molecule has 0 saturated carbocycles. The summed E-state index contributed by atoms with van der Waals surface area (Å²) < 4.78 is 26.9. The summed E-state index contributed by atoms with van der Waals surface area (Å²) in [5, 5.41) is 1.91. The smallest absolute Gasteiger partial charge is 0.243 e. The van der Waals surface area contributed by atoms with Crippen LogP contribution in [0.1, 0.15) is 10.4 Å². The maximum absolute atomic E-state index is 12.2. The van der Waals surface area contributed by atoms with Crippen molar-refractivity contribution in [3.8, 4) is 0 Å². The van der Waals surface area contributed by atoms with Crippen molar-refractivity contribution < 1.29 is 8.42 Å². The summed E-state index contributed by atoms with van der Waals surface area (Å²) >= 11 is 1.51. The molecule has 6 heteroatoms. The number of sulfonamides is 1. The molecule has 0 radical (unpaired) electrons. The Morgan fingerprint density at radius 2 is 2.06 bits per heavy atom. The number of aryl methyl sites for hydroxylation is 1. The van der Waals surface area contributed by atoms with Gasteiger partial charge in [0, 0.05) is 11.4 Å². The first-order chi connectivity index (χ1) is 8.50. The summed E-state index contributed by atoms with van der Waals surface area (Å²) in [6, 6.07) is 8.83. The van der Waals surface area contributed by atoms with E-state index in [1.807, 2.05) is 17.5 Å². The van der Waals surface area contributed by atoms with Crippen molar-refractivity contribution in [2.24, 2.45) is 0 Å². The molecular formula is C12H14N2O2S2. The van der Waals surface area contributed by atoms with Crippen LogP contribution in [0.25, 0.3) is 0 Å². The van der Waals surface area contributed by atoms with Crippen LogP contribution in [-0.4, -0.2) is 8.42 Å². The quantitative estimate of drug-likeness (QED) is 0.844. The van der Waals surface area contributed by atoms with Gasteiger partial charge in [0.05, 0.1) is 5.69 Å². The number of nitrogens with one attached hydrogen (secondary N) is 1. The molecule has 0 aliphatic heterocycles. The number of nitrogen functional groups attached to an aromatic ring is 1. The molecule has 0 atom stereocenters. The van der Waals surface area contributed by atoms with Crippen molar-refractivity contribution in [2.75, 3.05) is 5.73 Å². The number of anilines is 1. The van der Waals surface area contributed by atoms with E-state index in [0.29, 0.717) is 5.56 Å². The molecule has 1 aromatic heterocycles. The zero-order valence-corrected chi connectivity index (χ0v) is 11.5. The van der Waals surface area contributed by atoms with Crippen LogP contribution in [0.4, 0.5) is 5.69 Å². The fourth-order valence-corrected chi connectivity index (χ4v) is 3.79. The highest BCUT2D eigenvalue weighted by Gasteiger charge is 2.19. The minimum atomic E-state index is -3.57. The van der Waals surface area contributed by atoms with Gasteiger partial charge in [-0.2, -0.15) is 0 Å². The third kappa shape index (κ3) is 2.72. The zero-order chi connectivity index (χ0) is 13.2. The standard InChI is InChI=1S/C12H14N2O2S2/c1-9-4-2-6-11(13)12(9)18(15,16)14-8-10-5-3-7-17-10/h2-7,14H,8,13H2,1H3. The molecule has 18 heavy (non-hydrogen) atoms. The number of hydrogen-bond donors (Lipinski definition) is 2. The van der Waals surface area contributed by atoms with Crippen LogP contribution in [0.3, 0.4) is 0 Å². The van der Waals surface area contributed by atoms with Crippen LogP contribution in [0.2, 0.25) is 0 Å². The van der Waals surface area contributed by atoms with Gasteiger partial charge in [0.1, 0.15) is 4.90 Å². The lowest BCUT2D eigenvalue weighted by Gasteiger charge is -2.10. The lowest BCUT2D eigenvalue weighted by molar-refractivity contribution is 0.581. The van der Waals surface area contributed by atoms with Gasteiger partial charge in [-0.15, -0.1) is 11.3 Å². The zero-order valence-electron chi connectivity index (χ0n) is 9.88. The third-order valence-corrected chi connectivity index (χ3v) is 5.02. The fraction of sp³-hybridized carbons (Fsp3) is 0.167. The van der Waals surface area contributed by atoms with E-state index in [1.54, 1.807) is 25.1 Å². The highest BCUT2D eigenvalue weighted by atomic mass is 32.2. The maximum Gasteiger partial charge on any atom is 0.243 e. The minimum absolute atomic E-state index is 0.168. The van der Waals surface area contributed by atoms with Gasteiger partial charge in [-0.25, -0.2) is 13.1 Å². The van der Waals surface area contributed by atoms with Gasteiger partial charge in [0.15, 0.2) is 0 Å². The molecule has 4 nitrogen and oxygen atoms in total. The molecule has 0 aliphatic carbocycles. The third-order valence-electron chi connectivity index (χ3n) is 2.53. The van der Waals surface area contributed by atoms with Gasteiger partial charge in [0.25, 0.3) is 0 Å². The molecule has 1 aromatic carbocycles. The maximum atomic E-state index is 12.2. The Kier molecular flexibility index (Phi) is 3.70. The average molecular weight is 282 g/mol. The summed E-state index contributed by atoms with van der Waals surface area (Å²) in [5.74, 6) is 0. The molecule has 0 fully saturated rings. The largest absolute Gasteiger partial charge is 0.398 e. The summed E-state index contributed by atoms with van der Waals surface area (Å²) in [5.41, 5.74) is 6.66. The van der Waals surface area contributed by atoms with Crippen molar-refractivity contribution in [3.63, 3.8) is 0 Å². The molecule has 3 N–H and O–H groups in total. The monoisotopic (exact) mass is 282 g/mol. The predicted molar refractivity (Wildman–Crippen MR) is 73.9 cm³/mol. The Hall–Kier alpha value is -1.37. The Labute approximate surface area is 111 Å². The molecule has 0 spiro atoms. The topological polar surface area (TPSA) is 72.2 Å². The van der Waals surface area contributed by atoms with Gasteiger partial charge in [-0.3, -0.25) is 0 Å². The van der Waals surface area contributed by atoms with E-state index in [4.69, 9.17) is 5.73 Å². The Bertz CT molecular complexity index is 614. The van der Waals surface area contributed by atoms with E-state index < -0.39 is 10.0 Å². The van der Waals surface area contributed by atoms with Crippen LogP contribution in [-0.2, 0) is 16.6 Å². The van der Waals surface area contributed by atoms with Crippen molar-refractivity contribution in [1.29, 1.82) is 0 Å². The molecular weight excluding hydrogens is 268 g/mol. The van der Waals surface area contributed by atoms with E-state index >= 15 is 0 Å². The normalized spacial score (nSPS) is 11.6. The summed E-state index contributed by atoms with van der Waals surface area (Å²) in [6.07, 6.45) is 0. The van der Waals surface area contributed by atoms with E-state index in [0.717, 1.165) is 4.88 Å². The van der Waals surface area contributed by atoms with Crippen molar-refractivity contribution in [1.82, 2.24) is 4.72 Å². The van der Waals surface area contributed by atoms with E-state index in [2.05, 4.69) is 4.72 Å². The van der Waals surface area contributed by atoms with E-state index in [1.165, 1.54) is 11.3 Å². The molecule has 2 rings (SSSR count). The summed E-state index contributed by atoms with van der Waals surface area (Å²) in [4.78, 5) is 1.13. The highest BCUT2D eigenvalue weighted by Crippen LogP contribution is 2.22. The van der Waals surface area contributed by atoms with Crippen molar-refractivity contribution in [2.45, 2.75) is 18.4 Å². The SMILES string of the molecule is Cc1cccc(N)c1S(=O)(=O)NCc1cccs1. The Balaban J connectivity index is 2.26. The number of nitrogens with two attached hydrogens (primary N) is 1. The summed E-state index contributed by atoms with van der Waals surface area (Å²) in [6.45, 7) is 2.02. The molecule has 0 saturated heterocycles. The molecule has 1 heterocycles. The second-order valence-electron chi connectivity index (χ2n) is 3.90. The van der Waals surface area contributed by atoms with Gasteiger partial charge in [0.2, 0.25) is 10.0 Å².